The number of phosphoric ester groups is 1. The molecular formula is C10H14FN2O8P. The van der Waals surface area contributed by atoms with E-state index in [1.165, 1.54) is 6.92 Å². The zero-order chi connectivity index (χ0) is 16.7. The van der Waals surface area contributed by atoms with Gasteiger partial charge in [-0.1, -0.05) is 0 Å². The molecule has 12 heteroatoms. The number of nitrogens with one attached hydrogen (secondary N) is 1. The molecule has 4 N–H and O–H groups in total. The molecule has 2 heterocycles. The normalized spacial score (nSPS) is 29.0. The smallest absolute Gasteiger partial charge is 0.360 e. The van der Waals surface area contributed by atoms with E-state index in [4.69, 9.17) is 14.5 Å². The molecule has 1 aliphatic rings. The predicted molar refractivity (Wildman–Crippen MR) is 68.6 cm³/mol. The van der Waals surface area contributed by atoms with Crippen LogP contribution in [0.2, 0.25) is 0 Å². The van der Waals surface area contributed by atoms with Gasteiger partial charge in [0.05, 0.1) is 13.0 Å². The largest absolute Gasteiger partial charge is 0.469 e. The van der Waals surface area contributed by atoms with Crippen molar-refractivity contribution in [3.63, 3.8) is 0 Å². The molecule has 0 amide bonds. The van der Waals surface area contributed by atoms with Gasteiger partial charge in [0.1, 0.15) is 12.3 Å². The number of rotatable bonds is 4. The predicted octanol–water partition coefficient (Wildman–Crippen LogP) is -1.10. The second kappa shape index (κ2) is 5.69. The fourth-order valence-corrected chi connectivity index (χ4v) is 2.34. The Morgan fingerprint density at radius 3 is 2.82 bits per heavy atom. The van der Waals surface area contributed by atoms with E-state index < -0.39 is 50.3 Å². The lowest BCUT2D eigenvalue weighted by Gasteiger charge is -2.19. The molecule has 1 saturated heterocycles. The molecule has 0 aliphatic carbocycles. The summed E-state index contributed by atoms with van der Waals surface area (Å²) in [5.74, 6) is -2.96. The van der Waals surface area contributed by atoms with Crippen LogP contribution in [-0.2, 0) is 13.8 Å². The number of aromatic nitrogens is 2. The molecule has 124 valence electrons. The summed E-state index contributed by atoms with van der Waals surface area (Å²) in [6, 6.07) is 0. The van der Waals surface area contributed by atoms with Gasteiger partial charge in [-0.2, -0.15) is 0 Å². The Labute approximate surface area is 122 Å². The van der Waals surface area contributed by atoms with Crippen LogP contribution in [0.4, 0.5) is 4.39 Å². The van der Waals surface area contributed by atoms with Crippen LogP contribution in [-0.4, -0.2) is 43.0 Å². The van der Waals surface area contributed by atoms with Crippen LogP contribution >= 0.6 is 7.82 Å². The summed E-state index contributed by atoms with van der Waals surface area (Å²) >= 11 is 0. The zero-order valence-electron chi connectivity index (χ0n) is 11.3. The average Bonchev–Trinajstić information content (AvgIpc) is 2.65. The molecule has 3 atom stereocenters. The van der Waals surface area contributed by atoms with E-state index in [-0.39, 0.29) is 5.56 Å². The molecule has 0 saturated carbocycles. The number of ether oxygens (including phenoxy) is 1. The molecule has 0 spiro atoms. The minimum atomic E-state index is -4.86. The maximum atomic E-state index is 14.0. The van der Waals surface area contributed by atoms with Gasteiger partial charge in [-0.25, -0.2) is 13.8 Å². The topological polar surface area (TPSA) is 151 Å². The first-order valence-electron chi connectivity index (χ1n) is 6.08. The third-order valence-electron chi connectivity index (χ3n) is 3.13. The van der Waals surface area contributed by atoms with E-state index in [2.05, 4.69) is 4.52 Å². The highest BCUT2D eigenvalue weighted by Crippen LogP contribution is 2.41. The van der Waals surface area contributed by atoms with E-state index in [0.29, 0.717) is 0 Å². The van der Waals surface area contributed by atoms with Crippen molar-refractivity contribution in [2.24, 2.45) is 0 Å². The van der Waals surface area contributed by atoms with E-state index in [9.17, 15) is 23.7 Å². The lowest BCUT2D eigenvalue weighted by atomic mass is 10.1. The van der Waals surface area contributed by atoms with Crippen molar-refractivity contribution >= 4 is 7.82 Å². The van der Waals surface area contributed by atoms with Gasteiger partial charge >= 0.3 is 13.5 Å². The summed E-state index contributed by atoms with van der Waals surface area (Å²) in [6.45, 7) is 0.505. The minimum absolute atomic E-state index is 0.167. The Bertz CT molecular complexity index is 722. The summed E-state index contributed by atoms with van der Waals surface area (Å²) in [5, 5.41) is 9.59. The maximum absolute atomic E-state index is 14.0. The highest BCUT2D eigenvalue weighted by Gasteiger charge is 2.50. The second-order valence-electron chi connectivity index (χ2n) is 4.87. The van der Waals surface area contributed by atoms with Gasteiger partial charge < -0.3 is 19.6 Å². The number of phosphoric acid groups is 1. The Balaban J connectivity index is 2.23. The van der Waals surface area contributed by atoms with Crippen molar-refractivity contribution in [3.8, 4) is 0 Å². The minimum Gasteiger partial charge on any atom is -0.360 e. The Morgan fingerprint density at radius 1 is 1.59 bits per heavy atom. The fraction of sp³-hybridized carbons (Fsp3) is 0.600. The first-order valence-corrected chi connectivity index (χ1v) is 7.61. The Hall–Kier alpha value is -1.36. The van der Waals surface area contributed by atoms with Gasteiger partial charge in [0.25, 0.3) is 5.56 Å². The highest BCUT2D eigenvalue weighted by molar-refractivity contribution is 7.46. The molecule has 22 heavy (non-hydrogen) atoms. The standard InChI is InChI=1S/C10H14FN2O8P/c1-5-3-13(9(15)12-8(5)14)7-2-10(11,16)6(21-7)4-20-22(17,18)19/h3,6-7,16H,2,4H2,1H3,(H,12,14,15)(H2,17,18,19)/t6-,7-,10+/m1/s1. The molecular weight excluding hydrogens is 326 g/mol. The first kappa shape index (κ1) is 17.0. The van der Waals surface area contributed by atoms with E-state index in [1.807, 2.05) is 4.98 Å². The summed E-state index contributed by atoms with van der Waals surface area (Å²) in [4.78, 5) is 42.1. The number of halogens is 1. The molecule has 0 aromatic carbocycles. The molecule has 10 nitrogen and oxygen atoms in total. The SMILES string of the molecule is Cc1cn([C@H]2C[C@@](O)(F)[C@@H](COP(=O)(O)O)O2)c(=O)[nH]c1=O. The third-order valence-corrected chi connectivity index (χ3v) is 3.61. The van der Waals surface area contributed by atoms with Crippen molar-refractivity contribution in [1.29, 1.82) is 0 Å². The Morgan fingerprint density at radius 2 is 2.23 bits per heavy atom. The van der Waals surface area contributed by atoms with Crippen LogP contribution in [0.3, 0.4) is 0 Å². The van der Waals surface area contributed by atoms with Crippen LogP contribution in [0.25, 0.3) is 0 Å². The van der Waals surface area contributed by atoms with Crippen molar-refractivity contribution in [1.82, 2.24) is 9.55 Å². The highest BCUT2D eigenvalue weighted by atomic mass is 31.2. The number of aryl methyl sites for hydroxylation is 1. The van der Waals surface area contributed by atoms with Crippen molar-refractivity contribution in [3.05, 3.63) is 32.6 Å². The number of H-pyrrole nitrogens is 1. The number of aromatic amines is 1. The number of hydrogen-bond donors (Lipinski definition) is 4. The van der Waals surface area contributed by atoms with E-state index in [1.54, 1.807) is 0 Å². The molecule has 1 aliphatic heterocycles. The molecule has 2 rings (SSSR count). The number of alkyl halides is 1. The number of nitrogens with zero attached hydrogens (tertiary/aromatic N) is 1. The fourth-order valence-electron chi connectivity index (χ4n) is 2.01. The van der Waals surface area contributed by atoms with Crippen LogP contribution in [0, 0.1) is 6.92 Å². The van der Waals surface area contributed by atoms with Crippen molar-refractivity contribution in [2.75, 3.05) is 6.61 Å². The summed E-state index contributed by atoms with van der Waals surface area (Å²) < 4.78 is 34.7. The van der Waals surface area contributed by atoms with Crippen LogP contribution in [0.5, 0.6) is 0 Å². The second-order valence-corrected chi connectivity index (χ2v) is 6.11. The van der Waals surface area contributed by atoms with Gasteiger partial charge in [0, 0.05) is 11.8 Å². The maximum Gasteiger partial charge on any atom is 0.469 e. The molecule has 0 bridgehead atoms. The van der Waals surface area contributed by atoms with E-state index >= 15 is 0 Å². The van der Waals surface area contributed by atoms with Crippen LogP contribution < -0.4 is 11.2 Å². The monoisotopic (exact) mass is 340 g/mol. The Kier molecular flexibility index (Phi) is 4.39. The third kappa shape index (κ3) is 3.69. The zero-order valence-corrected chi connectivity index (χ0v) is 12.2. The van der Waals surface area contributed by atoms with Gasteiger partial charge in [-0.3, -0.25) is 18.9 Å². The van der Waals surface area contributed by atoms with Crippen molar-refractivity contribution < 1.29 is 33.1 Å². The molecule has 1 aromatic heterocycles. The van der Waals surface area contributed by atoms with Gasteiger partial charge in [0.15, 0.2) is 0 Å². The average molecular weight is 340 g/mol. The lowest BCUT2D eigenvalue weighted by Crippen LogP contribution is -2.36. The van der Waals surface area contributed by atoms with Crippen molar-refractivity contribution in [2.45, 2.75) is 31.5 Å². The number of aliphatic hydroxyl groups is 1. The van der Waals surface area contributed by atoms with Crippen LogP contribution in [0.1, 0.15) is 18.2 Å². The number of hydrogen-bond acceptors (Lipinski definition) is 6. The quantitative estimate of drug-likeness (QED) is 0.504. The first-order chi connectivity index (χ1) is 9.99. The van der Waals surface area contributed by atoms with Gasteiger partial charge in [0.2, 0.25) is 5.85 Å². The van der Waals surface area contributed by atoms with Gasteiger partial charge in [-0.15, -0.1) is 0 Å². The summed E-state index contributed by atoms with van der Waals surface area (Å²) in [5.41, 5.74) is -1.32. The summed E-state index contributed by atoms with van der Waals surface area (Å²) in [7, 11) is -4.86. The molecule has 1 fully saturated rings. The lowest BCUT2D eigenvalue weighted by molar-refractivity contribution is -0.149. The van der Waals surface area contributed by atoms with E-state index in [0.717, 1.165) is 10.8 Å². The molecule has 0 radical (unpaired) electrons. The summed E-state index contributed by atoms with van der Waals surface area (Å²) in [6.07, 6.45) is -2.51. The molecule has 1 aromatic rings. The van der Waals surface area contributed by atoms with Crippen LogP contribution in [0.15, 0.2) is 15.8 Å². The molecule has 0 unspecified atom stereocenters. The van der Waals surface area contributed by atoms with Gasteiger partial charge in [-0.05, 0) is 6.92 Å².